The molecule has 1 heterocycles. The second-order valence-electron chi connectivity index (χ2n) is 6.77. The average Bonchev–Trinajstić information content (AvgIpc) is 2.83. The molecule has 0 amide bonds. The number of alkyl halides is 3. The largest absolute Gasteiger partial charge is 0.416 e. The van der Waals surface area contributed by atoms with Crippen molar-refractivity contribution < 1.29 is 13.2 Å². The minimum absolute atomic E-state index is 0.0926. The zero-order valence-corrected chi connectivity index (χ0v) is 14.2. The van der Waals surface area contributed by atoms with Gasteiger partial charge in [-0.25, -0.2) is 9.48 Å². The van der Waals surface area contributed by atoms with Crippen LogP contribution >= 0.6 is 0 Å². The van der Waals surface area contributed by atoms with E-state index in [4.69, 9.17) is 0 Å². The lowest BCUT2D eigenvalue weighted by Crippen LogP contribution is -2.26. The molecule has 1 saturated carbocycles. The van der Waals surface area contributed by atoms with Crippen LogP contribution in [0.2, 0.25) is 0 Å². The van der Waals surface area contributed by atoms with Crippen molar-refractivity contribution in [2.45, 2.75) is 51.2 Å². The maximum absolute atomic E-state index is 13.2. The van der Waals surface area contributed by atoms with Crippen molar-refractivity contribution in [3.05, 3.63) is 51.7 Å². The Kier molecular flexibility index (Phi) is 5.01. The molecule has 0 atom stereocenters. The van der Waals surface area contributed by atoms with Crippen LogP contribution in [-0.4, -0.2) is 14.3 Å². The Balaban J connectivity index is 1.91. The zero-order chi connectivity index (χ0) is 18.0. The summed E-state index contributed by atoms with van der Waals surface area (Å²) < 4.78 is 42.3. The fraction of sp³-hybridized carbons (Fsp3) is 0.556. The predicted molar refractivity (Wildman–Crippen MR) is 88.3 cm³/mol. The minimum Gasteiger partial charge on any atom is -0.274 e. The first-order chi connectivity index (χ1) is 11.9. The maximum Gasteiger partial charge on any atom is 0.416 e. The van der Waals surface area contributed by atoms with Gasteiger partial charge in [0.15, 0.2) is 0 Å². The van der Waals surface area contributed by atoms with Crippen LogP contribution in [0.5, 0.6) is 0 Å². The Labute approximate surface area is 144 Å². The molecule has 0 spiro atoms. The van der Waals surface area contributed by atoms with Crippen molar-refractivity contribution >= 4 is 0 Å². The van der Waals surface area contributed by atoms with E-state index >= 15 is 0 Å². The Morgan fingerprint density at radius 3 is 2.52 bits per heavy atom. The number of hydrogen-bond acceptors (Lipinski definition) is 2. The number of nitrogens with zero attached hydrogens (tertiary/aromatic N) is 3. The van der Waals surface area contributed by atoms with E-state index in [2.05, 4.69) is 5.10 Å². The SMILES string of the molecule is Cn1nc(CC2CCCCC2)n(Cc2ccccc2C(F)(F)F)c1=O. The summed E-state index contributed by atoms with van der Waals surface area (Å²) in [4.78, 5) is 12.4. The molecule has 1 fully saturated rings. The van der Waals surface area contributed by atoms with Gasteiger partial charge in [-0.15, -0.1) is 0 Å². The van der Waals surface area contributed by atoms with Crippen LogP contribution in [0.15, 0.2) is 29.1 Å². The highest BCUT2D eigenvalue weighted by Crippen LogP contribution is 2.32. The van der Waals surface area contributed by atoms with Crippen molar-refractivity contribution in [2.24, 2.45) is 13.0 Å². The van der Waals surface area contributed by atoms with Crippen LogP contribution in [0, 0.1) is 5.92 Å². The van der Waals surface area contributed by atoms with Gasteiger partial charge in [-0.2, -0.15) is 18.3 Å². The first kappa shape index (κ1) is 17.8. The molecule has 4 nitrogen and oxygen atoms in total. The Morgan fingerprint density at radius 2 is 1.84 bits per heavy atom. The van der Waals surface area contributed by atoms with E-state index in [9.17, 15) is 18.0 Å². The Bertz CT molecular complexity index is 786. The van der Waals surface area contributed by atoms with Gasteiger partial charge in [0, 0.05) is 13.5 Å². The molecule has 0 saturated heterocycles. The number of rotatable bonds is 4. The van der Waals surface area contributed by atoms with Crippen LogP contribution in [-0.2, 0) is 26.2 Å². The summed E-state index contributed by atoms with van der Waals surface area (Å²) in [6.07, 6.45) is 1.94. The summed E-state index contributed by atoms with van der Waals surface area (Å²) in [6.45, 7) is -0.107. The molecule has 0 aliphatic heterocycles. The molecule has 1 aliphatic carbocycles. The quantitative estimate of drug-likeness (QED) is 0.839. The molecule has 1 aromatic heterocycles. The smallest absolute Gasteiger partial charge is 0.274 e. The fourth-order valence-electron chi connectivity index (χ4n) is 3.62. The molecule has 7 heteroatoms. The second kappa shape index (κ2) is 7.06. The number of benzene rings is 1. The van der Waals surface area contributed by atoms with Crippen molar-refractivity contribution in [3.63, 3.8) is 0 Å². The molecule has 136 valence electrons. The monoisotopic (exact) mass is 353 g/mol. The first-order valence-corrected chi connectivity index (χ1v) is 8.64. The molecule has 25 heavy (non-hydrogen) atoms. The van der Waals surface area contributed by atoms with E-state index in [1.165, 1.54) is 40.6 Å². The molecule has 1 aliphatic rings. The fourth-order valence-corrected chi connectivity index (χ4v) is 3.62. The summed E-state index contributed by atoms with van der Waals surface area (Å²) >= 11 is 0. The van der Waals surface area contributed by atoms with Gasteiger partial charge in [0.2, 0.25) is 0 Å². The van der Waals surface area contributed by atoms with Crippen molar-refractivity contribution in [1.29, 1.82) is 0 Å². The van der Waals surface area contributed by atoms with Crippen LogP contribution in [0.1, 0.15) is 49.1 Å². The summed E-state index contributed by atoms with van der Waals surface area (Å²) in [6, 6.07) is 5.40. The van der Waals surface area contributed by atoms with Crippen molar-refractivity contribution in [1.82, 2.24) is 14.3 Å². The van der Waals surface area contributed by atoms with Crippen LogP contribution < -0.4 is 5.69 Å². The number of aryl methyl sites for hydroxylation is 1. The first-order valence-electron chi connectivity index (χ1n) is 8.64. The minimum atomic E-state index is -4.44. The molecule has 2 aromatic rings. The van der Waals surface area contributed by atoms with Crippen LogP contribution in [0.3, 0.4) is 0 Å². The van der Waals surface area contributed by atoms with Crippen LogP contribution in [0.25, 0.3) is 0 Å². The third-order valence-electron chi connectivity index (χ3n) is 4.93. The maximum atomic E-state index is 13.2. The number of hydrogen-bond donors (Lipinski definition) is 0. The van der Waals surface area contributed by atoms with E-state index in [-0.39, 0.29) is 17.8 Å². The third-order valence-corrected chi connectivity index (χ3v) is 4.93. The topological polar surface area (TPSA) is 39.8 Å². The van der Waals surface area contributed by atoms with Gasteiger partial charge < -0.3 is 0 Å². The van der Waals surface area contributed by atoms with Crippen molar-refractivity contribution in [2.75, 3.05) is 0 Å². The Morgan fingerprint density at radius 1 is 1.16 bits per heavy atom. The van der Waals surface area contributed by atoms with Gasteiger partial charge in [0.1, 0.15) is 5.82 Å². The number of aromatic nitrogens is 3. The predicted octanol–water partition coefficient (Wildman–Crippen LogP) is 3.77. The van der Waals surface area contributed by atoms with E-state index in [0.29, 0.717) is 18.2 Å². The van der Waals surface area contributed by atoms with Gasteiger partial charge in [-0.1, -0.05) is 50.3 Å². The summed E-state index contributed by atoms with van der Waals surface area (Å²) in [5, 5.41) is 4.28. The van der Waals surface area contributed by atoms with E-state index < -0.39 is 11.7 Å². The summed E-state index contributed by atoms with van der Waals surface area (Å²) in [5.41, 5.74) is -0.979. The lowest BCUT2D eigenvalue weighted by Gasteiger charge is -2.21. The molecule has 0 bridgehead atoms. The van der Waals surface area contributed by atoms with E-state index in [0.717, 1.165) is 18.9 Å². The second-order valence-corrected chi connectivity index (χ2v) is 6.77. The normalized spacial score (nSPS) is 16.3. The van der Waals surface area contributed by atoms with Gasteiger partial charge in [-0.05, 0) is 17.5 Å². The molecule has 0 unspecified atom stereocenters. The van der Waals surface area contributed by atoms with Gasteiger partial charge in [0.25, 0.3) is 0 Å². The highest BCUT2D eigenvalue weighted by molar-refractivity contribution is 5.30. The highest BCUT2D eigenvalue weighted by atomic mass is 19.4. The lowest BCUT2D eigenvalue weighted by atomic mass is 9.87. The van der Waals surface area contributed by atoms with Gasteiger partial charge in [-0.3, -0.25) is 4.57 Å². The van der Waals surface area contributed by atoms with Crippen molar-refractivity contribution in [3.8, 4) is 0 Å². The number of halogens is 3. The zero-order valence-electron chi connectivity index (χ0n) is 14.2. The van der Waals surface area contributed by atoms with E-state index in [1.54, 1.807) is 13.1 Å². The summed E-state index contributed by atoms with van der Waals surface area (Å²) in [7, 11) is 1.54. The van der Waals surface area contributed by atoms with Gasteiger partial charge >= 0.3 is 11.9 Å². The molecular formula is C18H22F3N3O. The molecular weight excluding hydrogens is 331 g/mol. The lowest BCUT2D eigenvalue weighted by molar-refractivity contribution is -0.138. The third kappa shape index (κ3) is 3.96. The molecule has 3 rings (SSSR count). The van der Waals surface area contributed by atoms with Gasteiger partial charge in [0.05, 0.1) is 12.1 Å². The Hall–Kier alpha value is -2.05. The highest BCUT2D eigenvalue weighted by Gasteiger charge is 2.33. The molecule has 0 N–H and O–H groups in total. The van der Waals surface area contributed by atoms with Crippen LogP contribution in [0.4, 0.5) is 13.2 Å². The summed E-state index contributed by atoms with van der Waals surface area (Å²) in [5.74, 6) is 1.03. The standard InChI is InChI=1S/C18H22F3N3O/c1-23-17(25)24(16(22-23)11-13-7-3-2-4-8-13)12-14-9-5-6-10-15(14)18(19,20)21/h5-6,9-10,13H,2-4,7-8,11-12H2,1H3. The van der Waals surface area contributed by atoms with E-state index in [1.807, 2.05) is 0 Å². The molecule has 1 aromatic carbocycles. The molecule has 0 radical (unpaired) electrons. The average molecular weight is 353 g/mol.